The van der Waals surface area contributed by atoms with E-state index in [2.05, 4.69) is 0 Å². The maximum absolute atomic E-state index is 14.3. The summed E-state index contributed by atoms with van der Waals surface area (Å²) in [6.07, 6.45) is 6.11. The Labute approximate surface area is 156 Å². The van der Waals surface area contributed by atoms with Crippen LogP contribution in [0.5, 0.6) is 0 Å². The number of nitrogens with zero attached hydrogens (tertiary/aromatic N) is 1. The summed E-state index contributed by atoms with van der Waals surface area (Å²) in [5, 5.41) is 0. The number of nitrogens with two attached hydrogens (primary N) is 1. The number of carbonyl (C=O) groups is 1. The minimum absolute atomic E-state index is 0.0453. The van der Waals surface area contributed by atoms with Crippen molar-refractivity contribution in [3.8, 4) is 0 Å². The molecule has 0 bridgehead atoms. The Bertz CT molecular complexity index is 923. The minimum Gasteiger partial charge on any atom is -0.327 e. The third-order valence-electron chi connectivity index (χ3n) is 5.17. The average Bonchev–Trinajstić information content (AvgIpc) is 3.30. The summed E-state index contributed by atoms with van der Waals surface area (Å²) in [5.74, 6) is -1.32. The molecule has 2 N–H and O–H groups in total. The first-order valence-corrected chi connectivity index (χ1v) is 8.98. The standard InChI is InChI=1S/C22H20F2N2O/c23-17-7-9-20(24)19(12-17)16-11-21(14-4-2-1-3-5-14)26(13-16)22(27)15-6-8-18(25)10-15/h1-9,11-12,15,18,21H,10,13,25H2/t15-,18+,21?/m0/s1. The van der Waals surface area contributed by atoms with Gasteiger partial charge in [-0.15, -0.1) is 0 Å². The van der Waals surface area contributed by atoms with Crippen LogP contribution in [0.3, 0.4) is 0 Å². The molecule has 0 fully saturated rings. The van der Waals surface area contributed by atoms with E-state index in [0.29, 0.717) is 12.0 Å². The number of amides is 1. The topological polar surface area (TPSA) is 46.3 Å². The van der Waals surface area contributed by atoms with Gasteiger partial charge in [0.25, 0.3) is 0 Å². The first-order chi connectivity index (χ1) is 13.0. The van der Waals surface area contributed by atoms with Crippen molar-refractivity contribution in [2.45, 2.75) is 18.5 Å². The molecule has 2 aliphatic rings. The maximum Gasteiger partial charge on any atom is 0.230 e. The zero-order valence-electron chi connectivity index (χ0n) is 14.7. The van der Waals surface area contributed by atoms with Crippen LogP contribution in [0.2, 0.25) is 0 Å². The monoisotopic (exact) mass is 366 g/mol. The first kappa shape index (κ1) is 17.6. The zero-order chi connectivity index (χ0) is 19.0. The van der Waals surface area contributed by atoms with E-state index in [1.54, 1.807) is 4.90 Å². The molecule has 1 heterocycles. The molecule has 4 rings (SSSR count). The number of benzene rings is 2. The lowest BCUT2D eigenvalue weighted by atomic mass is 10.0. The van der Waals surface area contributed by atoms with Gasteiger partial charge in [-0.05, 0) is 35.8 Å². The Kier molecular flexibility index (Phi) is 4.62. The molecule has 3 nitrogen and oxygen atoms in total. The summed E-state index contributed by atoms with van der Waals surface area (Å²) >= 11 is 0. The molecule has 0 radical (unpaired) electrons. The number of hydrogen-bond donors (Lipinski definition) is 1. The highest BCUT2D eigenvalue weighted by Gasteiger charge is 2.35. The van der Waals surface area contributed by atoms with Gasteiger partial charge in [-0.2, -0.15) is 0 Å². The van der Waals surface area contributed by atoms with Crippen molar-refractivity contribution in [1.82, 2.24) is 4.90 Å². The van der Waals surface area contributed by atoms with Gasteiger partial charge in [0.05, 0.1) is 12.0 Å². The van der Waals surface area contributed by atoms with Gasteiger partial charge in [0.2, 0.25) is 5.91 Å². The molecule has 2 aromatic carbocycles. The van der Waals surface area contributed by atoms with Crippen LogP contribution in [-0.4, -0.2) is 23.4 Å². The van der Waals surface area contributed by atoms with E-state index in [0.717, 1.165) is 17.7 Å². The van der Waals surface area contributed by atoms with Crippen LogP contribution in [-0.2, 0) is 4.79 Å². The molecule has 3 atom stereocenters. The van der Waals surface area contributed by atoms with Gasteiger partial charge in [0.15, 0.2) is 0 Å². The summed E-state index contributed by atoms with van der Waals surface area (Å²) < 4.78 is 28.0. The number of hydrogen-bond acceptors (Lipinski definition) is 2. The fraction of sp³-hybridized carbons (Fsp3) is 0.227. The fourth-order valence-electron chi connectivity index (χ4n) is 3.80. The molecule has 0 saturated heterocycles. The van der Waals surface area contributed by atoms with Gasteiger partial charge in [-0.25, -0.2) is 8.78 Å². The smallest absolute Gasteiger partial charge is 0.230 e. The Morgan fingerprint density at radius 2 is 1.85 bits per heavy atom. The van der Waals surface area contributed by atoms with Crippen molar-refractivity contribution >= 4 is 11.5 Å². The summed E-state index contributed by atoms with van der Waals surface area (Å²) in [6, 6.07) is 12.5. The molecule has 0 saturated carbocycles. The number of halogens is 2. The molecule has 1 aliphatic carbocycles. The summed E-state index contributed by atoms with van der Waals surface area (Å²) in [6.45, 7) is 0.234. The lowest BCUT2D eigenvalue weighted by molar-refractivity contribution is -0.134. The van der Waals surface area contributed by atoms with Crippen LogP contribution in [0.25, 0.3) is 5.57 Å². The molecule has 27 heavy (non-hydrogen) atoms. The summed E-state index contributed by atoms with van der Waals surface area (Å²) in [4.78, 5) is 14.8. The molecule has 1 unspecified atom stereocenters. The predicted molar refractivity (Wildman–Crippen MR) is 100 cm³/mol. The third kappa shape index (κ3) is 3.43. The van der Waals surface area contributed by atoms with Crippen LogP contribution in [0, 0.1) is 17.6 Å². The van der Waals surface area contributed by atoms with E-state index in [-0.39, 0.29) is 36.0 Å². The second-order valence-electron chi connectivity index (χ2n) is 7.03. The Morgan fingerprint density at radius 1 is 1.07 bits per heavy atom. The Morgan fingerprint density at radius 3 is 2.56 bits per heavy atom. The quantitative estimate of drug-likeness (QED) is 0.839. The third-order valence-corrected chi connectivity index (χ3v) is 5.17. The Hall–Kier alpha value is -2.79. The van der Waals surface area contributed by atoms with Crippen LogP contribution >= 0.6 is 0 Å². The van der Waals surface area contributed by atoms with Crippen molar-refractivity contribution in [3.05, 3.63) is 89.5 Å². The number of rotatable bonds is 3. The van der Waals surface area contributed by atoms with Gasteiger partial charge in [-0.3, -0.25) is 4.79 Å². The Balaban J connectivity index is 1.70. The minimum atomic E-state index is -0.502. The van der Waals surface area contributed by atoms with E-state index in [4.69, 9.17) is 5.73 Å². The van der Waals surface area contributed by atoms with E-state index >= 15 is 0 Å². The predicted octanol–water partition coefficient (Wildman–Crippen LogP) is 3.84. The lowest BCUT2D eigenvalue weighted by Gasteiger charge is -2.27. The molecular formula is C22H20F2N2O. The van der Waals surface area contributed by atoms with E-state index < -0.39 is 11.6 Å². The molecule has 138 valence electrons. The molecule has 1 amide bonds. The van der Waals surface area contributed by atoms with Crippen LogP contribution < -0.4 is 5.73 Å². The molecule has 5 heteroatoms. The largest absolute Gasteiger partial charge is 0.327 e. The first-order valence-electron chi connectivity index (χ1n) is 8.98. The van der Waals surface area contributed by atoms with Gasteiger partial charge >= 0.3 is 0 Å². The van der Waals surface area contributed by atoms with Crippen molar-refractivity contribution in [1.29, 1.82) is 0 Å². The van der Waals surface area contributed by atoms with Gasteiger partial charge < -0.3 is 10.6 Å². The SMILES string of the molecule is N[C@@H]1C=C[C@H](C(=O)N2CC(c3cc(F)ccc3F)=CC2c2ccccc2)C1. The normalized spacial score (nSPS) is 24.3. The van der Waals surface area contributed by atoms with Crippen molar-refractivity contribution in [2.75, 3.05) is 6.54 Å². The lowest BCUT2D eigenvalue weighted by Crippen LogP contribution is -2.36. The highest BCUT2D eigenvalue weighted by Crippen LogP contribution is 2.37. The van der Waals surface area contributed by atoms with Crippen molar-refractivity contribution in [2.24, 2.45) is 11.7 Å². The summed E-state index contributed by atoms with van der Waals surface area (Å²) in [5.41, 5.74) is 7.65. The average molecular weight is 366 g/mol. The molecule has 0 spiro atoms. The molecule has 2 aromatic rings. The van der Waals surface area contributed by atoms with Crippen molar-refractivity contribution < 1.29 is 13.6 Å². The maximum atomic E-state index is 14.3. The summed E-state index contributed by atoms with van der Waals surface area (Å²) in [7, 11) is 0. The van der Waals surface area contributed by atoms with E-state index in [1.165, 1.54) is 6.07 Å². The van der Waals surface area contributed by atoms with Gasteiger partial charge in [0, 0.05) is 18.2 Å². The van der Waals surface area contributed by atoms with Gasteiger partial charge in [0.1, 0.15) is 11.6 Å². The van der Waals surface area contributed by atoms with E-state index in [1.807, 2.05) is 48.6 Å². The van der Waals surface area contributed by atoms with Gasteiger partial charge in [-0.1, -0.05) is 48.6 Å². The van der Waals surface area contributed by atoms with Crippen LogP contribution in [0.1, 0.15) is 23.6 Å². The van der Waals surface area contributed by atoms with Crippen LogP contribution in [0.4, 0.5) is 8.78 Å². The molecule has 0 aromatic heterocycles. The number of carbonyl (C=O) groups excluding carboxylic acids is 1. The molecular weight excluding hydrogens is 346 g/mol. The second-order valence-corrected chi connectivity index (χ2v) is 7.03. The fourth-order valence-corrected chi connectivity index (χ4v) is 3.80. The zero-order valence-corrected chi connectivity index (χ0v) is 14.7. The molecule has 1 aliphatic heterocycles. The van der Waals surface area contributed by atoms with E-state index in [9.17, 15) is 13.6 Å². The van der Waals surface area contributed by atoms with Crippen molar-refractivity contribution in [3.63, 3.8) is 0 Å². The van der Waals surface area contributed by atoms with Crippen LogP contribution in [0.15, 0.2) is 66.8 Å². The second kappa shape index (κ2) is 7.08. The highest BCUT2D eigenvalue weighted by molar-refractivity contribution is 5.86. The highest BCUT2D eigenvalue weighted by atomic mass is 19.1.